The SMILES string of the molecule is Cc1nn(-c2ccccc2)c(C)c1CNC(=O)C1CCCCC1(C)N. The van der Waals surface area contributed by atoms with E-state index in [1.807, 2.05) is 55.8 Å². The second kappa shape index (κ2) is 7.00. The first-order chi connectivity index (χ1) is 11.9. The topological polar surface area (TPSA) is 72.9 Å². The maximum Gasteiger partial charge on any atom is 0.225 e. The van der Waals surface area contributed by atoms with Crippen molar-refractivity contribution in [1.29, 1.82) is 0 Å². The summed E-state index contributed by atoms with van der Waals surface area (Å²) in [6.45, 7) is 6.53. The molecule has 0 bridgehead atoms. The van der Waals surface area contributed by atoms with Crippen molar-refractivity contribution in [3.63, 3.8) is 0 Å². The summed E-state index contributed by atoms with van der Waals surface area (Å²) in [6.07, 6.45) is 3.98. The zero-order valence-corrected chi connectivity index (χ0v) is 15.4. The molecule has 1 amide bonds. The van der Waals surface area contributed by atoms with Gasteiger partial charge in [0.05, 0.1) is 17.3 Å². The molecule has 134 valence electrons. The second-order valence-electron chi connectivity index (χ2n) is 7.42. The Bertz CT molecular complexity index is 749. The van der Waals surface area contributed by atoms with Gasteiger partial charge < -0.3 is 11.1 Å². The third-order valence-corrected chi connectivity index (χ3v) is 5.45. The number of nitrogens with one attached hydrogen (secondary N) is 1. The largest absolute Gasteiger partial charge is 0.352 e. The molecule has 1 heterocycles. The first-order valence-electron chi connectivity index (χ1n) is 9.07. The summed E-state index contributed by atoms with van der Waals surface area (Å²) in [5, 5.41) is 7.74. The Balaban J connectivity index is 1.73. The number of carbonyl (C=O) groups excluding carboxylic acids is 1. The Labute approximate surface area is 149 Å². The standard InChI is InChI=1S/C20H28N4O/c1-14-17(15(2)24(23-14)16-9-5-4-6-10-16)13-22-19(25)18-11-7-8-12-20(18,3)21/h4-6,9-10,18H,7-8,11-13,21H2,1-3H3,(H,22,25). The number of hydrogen-bond acceptors (Lipinski definition) is 3. The molecule has 1 aliphatic rings. The summed E-state index contributed by atoms with van der Waals surface area (Å²) < 4.78 is 1.94. The Morgan fingerprint density at radius 3 is 2.72 bits per heavy atom. The van der Waals surface area contributed by atoms with Gasteiger partial charge >= 0.3 is 0 Å². The normalized spacial score (nSPS) is 23.4. The molecule has 5 nitrogen and oxygen atoms in total. The van der Waals surface area contributed by atoms with E-state index in [0.29, 0.717) is 6.54 Å². The molecule has 1 aromatic heterocycles. The van der Waals surface area contributed by atoms with Crippen LogP contribution >= 0.6 is 0 Å². The molecule has 1 saturated carbocycles. The Morgan fingerprint density at radius 1 is 1.32 bits per heavy atom. The summed E-state index contributed by atoms with van der Waals surface area (Å²) in [5.41, 5.74) is 10.1. The fourth-order valence-electron chi connectivity index (χ4n) is 3.84. The predicted octanol–water partition coefficient (Wildman–Crippen LogP) is 3.01. The minimum Gasteiger partial charge on any atom is -0.352 e. The zero-order chi connectivity index (χ0) is 18.0. The van der Waals surface area contributed by atoms with Crippen LogP contribution in [0.4, 0.5) is 0 Å². The van der Waals surface area contributed by atoms with E-state index in [1.54, 1.807) is 0 Å². The number of carbonyl (C=O) groups is 1. The summed E-state index contributed by atoms with van der Waals surface area (Å²) in [7, 11) is 0. The molecule has 2 atom stereocenters. The van der Waals surface area contributed by atoms with Crippen molar-refractivity contribution in [2.24, 2.45) is 11.7 Å². The van der Waals surface area contributed by atoms with Gasteiger partial charge in [0.2, 0.25) is 5.91 Å². The molecule has 3 rings (SSSR count). The van der Waals surface area contributed by atoms with Crippen molar-refractivity contribution < 1.29 is 4.79 Å². The highest BCUT2D eigenvalue weighted by Crippen LogP contribution is 2.31. The predicted molar refractivity (Wildman–Crippen MR) is 99.4 cm³/mol. The van der Waals surface area contributed by atoms with Gasteiger partial charge in [-0.05, 0) is 45.7 Å². The molecule has 0 radical (unpaired) electrons. The van der Waals surface area contributed by atoms with Crippen LogP contribution in [0, 0.1) is 19.8 Å². The van der Waals surface area contributed by atoms with Crippen molar-refractivity contribution >= 4 is 5.91 Å². The van der Waals surface area contributed by atoms with Crippen molar-refractivity contribution in [3.8, 4) is 5.69 Å². The van der Waals surface area contributed by atoms with E-state index in [-0.39, 0.29) is 11.8 Å². The zero-order valence-electron chi connectivity index (χ0n) is 15.4. The highest BCUT2D eigenvalue weighted by atomic mass is 16.1. The van der Waals surface area contributed by atoms with Crippen LogP contribution in [0.15, 0.2) is 30.3 Å². The quantitative estimate of drug-likeness (QED) is 0.898. The van der Waals surface area contributed by atoms with E-state index in [1.165, 1.54) is 0 Å². The second-order valence-corrected chi connectivity index (χ2v) is 7.42. The highest BCUT2D eigenvalue weighted by molar-refractivity contribution is 5.80. The molecule has 25 heavy (non-hydrogen) atoms. The van der Waals surface area contributed by atoms with Gasteiger partial charge in [-0.3, -0.25) is 4.79 Å². The maximum absolute atomic E-state index is 12.7. The molecule has 1 fully saturated rings. The fraction of sp³-hybridized carbons (Fsp3) is 0.500. The van der Waals surface area contributed by atoms with Gasteiger partial charge in [-0.1, -0.05) is 31.0 Å². The minimum atomic E-state index is -0.402. The van der Waals surface area contributed by atoms with E-state index in [4.69, 9.17) is 5.73 Å². The van der Waals surface area contributed by atoms with E-state index >= 15 is 0 Å². The van der Waals surface area contributed by atoms with Gasteiger partial charge in [-0.2, -0.15) is 5.10 Å². The molecule has 0 spiro atoms. The Morgan fingerprint density at radius 2 is 2.04 bits per heavy atom. The summed E-state index contributed by atoms with van der Waals surface area (Å²) in [5.74, 6) is -0.0398. The first kappa shape index (κ1) is 17.7. The van der Waals surface area contributed by atoms with Crippen LogP contribution in [0.3, 0.4) is 0 Å². The lowest BCUT2D eigenvalue weighted by molar-refractivity contribution is -0.128. The lowest BCUT2D eigenvalue weighted by Gasteiger charge is -2.37. The van der Waals surface area contributed by atoms with E-state index in [0.717, 1.165) is 48.3 Å². The first-order valence-corrected chi connectivity index (χ1v) is 9.07. The lowest BCUT2D eigenvalue weighted by atomic mass is 9.74. The van der Waals surface area contributed by atoms with Gasteiger partial charge in [0.25, 0.3) is 0 Å². The molecule has 2 aromatic rings. The minimum absolute atomic E-state index is 0.0657. The monoisotopic (exact) mass is 340 g/mol. The van der Waals surface area contributed by atoms with Crippen LogP contribution in [0.25, 0.3) is 5.69 Å². The molecule has 1 aromatic carbocycles. The van der Waals surface area contributed by atoms with Crippen LogP contribution in [0.1, 0.15) is 49.6 Å². The summed E-state index contributed by atoms with van der Waals surface area (Å²) in [6, 6.07) is 10.1. The van der Waals surface area contributed by atoms with Gasteiger partial charge in [-0.15, -0.1) is 0 Å². The number of amides is 1. The van der Waals surface area contributed by atoms with Gasteiger partial charge in [-0.25, -0.2) is 4.68 Å². The maximum atomic E-state index is 12.7. The average Bonchev–Trinajstić information content (AvgIpc) is 2.87. The number of hydrogen-bond donors (Lipinski definition) is 2. The Hall–Kier alpha value is -2.14. The Kier molecular flexibility index (Phi) is 4.95. The number of nitrogens with two attached hydrogens (primary N) is 1. The van der Waals surface area contributed by atoms with Gasteiger partial charge in [0, 0.05) is 23.3 Å². The van der Waals surface area contributed by atoms with E-state index < -0.39 is 5.54 Å². The van der Waals surface area contributed by atoms with Crippen molar-refractivity contribution in [2.45, 2.75) is 58.5 Å². The molecule has 3 N–H and O–H groups in total. The molecule has 2 unspecified atom stereocenters. The van der Waals surface area contributed by atoms with E-state index in [2.05, 4.69) is 10.4 Å². The van der Waals surface area contributed by atoms with Crippen LogP contribution in [-0.4, -0.2) is 21.2 Å². The van der Waals surface area contributed by atoms with Crippen LogP contribution in [0.2, 0.25) is 0 Å². The molecule has 0 aliphatic heterocycles. The number of para-hydroxylation sites is 1. The fourth-order valence-corrected chi connectivity index (χ4v) is 3.84. The van der Waals surface area contributed by atoms with Gasteiger partial charge in [0.15, 0.2) is 0 Å². The number of aromatic nitrogens is 2. The number of rotatable bonds is 4. The van der Waals surface area contributed by atoms with Gasteiger partial charge in [0.1, 0.15) is 0 Å². The summed E-state index contributed by atoms with van der Waals surface area (Å²) in [4.78, 5) is 12.7. The van der Waals surface area contributed by atoms with Crippen molar-refractivity contribution in [2.75, 3.05) is 0 Å². The molecule has 1 aliphatic carbocycles. The third kappa shape index (κ3) is 3.61. The lowest BCUT2D eigenvalue weighted by Crippen LogP contribution is -2.52. The molecule has 5 heteroatoms. The molecule has 0 saturated heterocycles. The van der Waals surface area contributed by atoms with Crippen molar-refractivity contribution in [1.82, 2.24) is 15.1 Å². The van der Waals surface area contributed by atoms with Crippen LogP contribution in [0.5, 0.6) is 0 Å². The molecular formula is C20H28N4O. The van der Waals surface area contributed by atoms with Crippen LogP contribution in [-0.2, 0) is 11.3 Å². The summed E-state index contributed by atoms with van der Waals surface area (Å²) >= 11 is 0. The van der Waals surface area contributed by atoms with E-state index in [9.17, 15) is 4.79 Å². The third-order valence-electron chi connectivity index (χ3n) is 5.45. The van der Waals surface area contributed by atoms with Crippen molar-refractivity contribution in [3.05, 3.63) is 47.3 Å². The average molecular weight is 340 g/mol. The highest BCUT2D eigenvalue weighted by Gasteiger charge is 2.37. The van der Waals surface area contributed by atoms with Crippen LogP contribution < -0.4 is 11.1 Å². The number of nitrogens with zero attached hydrogens (tertiary/aromatic N) is 2. The number of aryl methyl sites for hydroxylation is 1. The smallest absolute Gasteiger partial charge is 0.225 e. The molecular weight excluding hydrogens is 312 g/mol. The number of benzene rings is 1.